The smallest absolute Gasteiger partial charge is 0.373 e. The van der Waals surface area contributed by atoms with Crippen LogP contribution in [0.2, 0.25) is 0 Å². The van der Waals surface area contributed by atoms with E-state index in [1.54, 1.807) is 9.36 Å². The second-order valence-electron chi connectivity index (χ2n) is 3.85. The van der Waals surface area contributed by atoms with Gasteiger partial charge in [-0.15, -0.1) is 11.6 Å². The number of aryl methyl sites for hydroxylation is 2. The number of nitrogens with zero attached hydrogens (tertiary/aromatic N) is 10. The van der Waals surface area contributed by atoms with Gasteiger partial charge in [-0.25, -0.2) is 0 Å². The topological polar surface area (TPSA) is 143 Å². The Hall–Kier alpha value is -0.210. The fraction of sp³-hybridized carbons (Fsp3) is 0.400. The molecule has 124 valence electrons. The number of halogens is 3. The summed E-state index contributed by atoms with van der Waals surface area (Å²) in [4.78, 5) is 4.17. The Morgan fingerprint density at radius 3 is 1.75 bits per heavy atom. The van der Waals surface area contributed by atoms with Gasteiger partial charge in [0.15, 0.2) is 0 Å². The van der Waals surface area contributed by atoms with Gasteiger partial charge in [-0.2, -0.15) is 10.2 Å². The first-order chi connectivity index (χ1) is 10.9. The number of hydrogen-bond acceptors (Lipinski definition) is 3. The maximum Gasteiger partial charge on any atom is 1.00 e. The molecular formula is C10H12ClI2N10Na. The average molecular weight is 585 g/mol. The van der Waals surface area contributed by atoms with Gasteiger partial charge < -0.3 is 11.1 Å². The van der Waals surface area contributed by atoms with Gasteiger partial charge in [-0.3, -0.25) is 14.3 Å². The van der Waals surface area contributed by atoms with E-state index in [4.69, 9.17) is 28.2 Å². The van der Waals surface area contributed by atoms with Crippen molar-refractivity contribution in [3.05, 3.63) is 57.3 Å². The van der Waals surface area contributed by atoms with Crippen LogP contribution in [-0.2, 0) is 26.5 Å². The van der Waals surface area contributed by atoms with Crippen molar-refractivity contribution in [1.29, 1.82) is 0 Å². The van der Waals surface area contributed by atoms with Crippen molar-refractivity contribution < 1.29 is 29.6 Å². The minimum atomic E-state index is 0. The minimum absolute atomic E-state index is 0. The molecule has 24 heavy (non-hydrogen) atoms. The van der Waals surface area contributed by atoms with Crippen LogP contribution in [0.4, 0.5) is 0 Å². The van der Waals surface area contributed by atoms with Gasteiger partial charge in [0, 0.05) is 42.5 Å². The molecule has 0 radical (unpaired) electrons. The number of aromatic nitrogens is 4. The molecule has 0 atom stereocenters. The van der Waals surface area contributed by atoms with Crippen LogP contribution in [0.15, 0.2) is 17.5 Å². The largest absolute Gasteiger partial charge is 1.00 e. The Morgan fingerprint density at radius 1 is 1.08 bits per heavy atom. The molecule has 2 heterocycles. The molecule has 0 saturated heterocycles. The molecule has 0 spiro atoms. The third kappa shape index (κ3) is 10.6. The molecule has 0 bridgehead atoms. The van der Waals surface area contributed by atoms with Gasteiger partial charge in [0.2, 0.25) is 0 Å². The molecule has 2 aromatic rings. The molecule has 0 amide bonds. The second kappa shape index (κ2) is 15.1. The summed E-state index contributed by atoms with van der Waals surface area (Å²) < 4.78 is 5.34. The van der Waals surface area contributed by atoms with E-state index in [0.717, 1.165) is 18.5 Å². The summed E-state index contributed by atoms with van der Waals surface area (Å²) in [6.07, 6.45) is 3.77. The van der Waals surface area contributed by atoms with Gasteiger partial charge in [0.05, 0.1) is 12.4 Å². The van der Waals surface area contributed by atoms with Crippen molar-refractivity contribution in [2.24, 2.45) is 19.2 Å². The zero-order valence-corrected chi connectivity index (χ0v) is 20.2. The predicted molar refractivity (Wildman–Crippen MR) is 104 cm³/mol. The maximum atomic E-state index is 8.05. The monoisotopic (exact) mass is 584 g/mol. The number of azide groups is 1. The molecule has 0 aliphatic carbocycles. The summed E-state index contributed by atoms with van der Waals surface area (Å²) in [5.41, 5.74) is 23.6. The molecular weight excluding hydrogens is 572 g/mol. The summed E-state index contributed by atoms with van der Waals surface area (Å²) in [7, 11) is 3.72. The van der Waals surface area contributed by atoms with E-state index < -0.39 is 0 Å². The first-order valence-corrected chi connectivity index (χ1v) is 8.50. The maximum absolute atomic E-state index is 8.05. The molecule has 14 heteroatoms. The van der Waals surface area contributed by atoms with Crippen molar-refractivity contribution in [2.45, 2.75) is 12.4 Å². The summed E-state index contributed by atoms with van der Waals surface area (Å²) in [5.74, 6) is 0.548. The average Bonchev–Trinajstić information content (AvgIpc) is 2.99. The van der Waals surface area contributed by atoms with Gasteiger partial charge in [0.25, 0.3) is 0 Å². The fourth-order valence-electron chi connectivity index (χ4n) is 1.32. The Bertz CT molecular complexity index is 703. The van der Waals surface area contributed by atoms with E-state index in [1.165, 1.54) is 4.91 Å². The number of hydrogen-bond donors (Lipinski definition) is 0. The van der Waals surface area contributed by atoms with Crippen LogP contribution >= 0.6 is 56.8 Å². The SMILES string of the molecule is Cn1cc(CCl)c(I)n1.Cn1cc(CN=[N+]=[N-])c(I)n1.[N-]=[N+]=[N-].[Na+]. The third-order valence-electron chi connectivity index (χ3n) is 2.15. The quantitative estimate of drug-likeness (QED) is 0.135. The van der Waals surface area contributed by atoms with Gasteiger partial charge in [-0.05, 0) is 50.7 Å². The van der Waals surface area contributed by atoms with Crippen LogP contribution in [0.3, 0.4) is 0 Å². The zero-order valence-electron chi connectivity index (χ0n) is 13.2. The summed E-state index contributed by atoms with van der Waals surface area (Å²) in [6.45, 7) is 0.378. The summed E-state index contributed by atoms with van der Waals surface area (Å²) >= 11 is 9.86. The van der Waals surface area contributed by atoms with E-state index in [2.05, 4.69) is 65.4 Å². The molecule has 0 aliphatic heterocycles. The molecule has 2 aromatic heterocycles. The van der Waals surface area contributed by atoms with Gasteiger partial charge in [-0.1, -0.05) is 5.11 Å². The Kier molecular flexibility index (Phi) is 16.3. The normalized spacial score (nSPS) is 8.38. The van der Waals surface area contributed by atoms with Gasteiger partial charge in [0.1, 0.15) is 7.40 Å². The van der Waals surface area contributed by atoms with E-state index in [1.807, 2.05) is 26.5 Å². The molecule has 0 unspecified atom stereocenters. The number of alkyl halides is 1. The van der Waals surface area contributed by atoms with E-state index in [9.17, 15) is 0 Å². The molecule has 0 aliphatic rings. The fourth-order valence-corrected chi connectivity index (χ4v) is 3.07. The first-order valence-electron chi connectivity index (χ1n) is 5.80. The van der Waals surface area contributed by atoms with E-state index >= 15 is 0 Å². The molecule has 0 aromatic carbocycles. The predicted octanol–water partition coefficient (Wildman–Crippen LogP) is 1.47. The van der Waals surface area contributed by atoms with Crippen LogP contribution in [0, 0.1) is 7.40 Å². The zero-order chi connectivity index (χ0) is 17.8. The van der Waals surface area contributed by atoms with Crippen molar-refractivity contribution >= 4 is 56.8 Å². The first kappa shape index (κ1) is 26.0. The Morgan fingerprint density at radius 2 is 1.50 bits per heavy atom. The van der Waals surface area contributed by atoms with Crippen molar-refractivity contribution in [2.75, 3.05) is 0 Å². The van der Waals surface area contributed by atoms with Gasteiger partial charge >= 0.3 is 29.6 Å². The molecule has 2 rings (SSSR count). The van der Waals surface area contributed by atoms with Crippen molar-refractivity contribution in [1.82, 2.24) is 19.6 Å². The van der Waals surface area contributed by atoms with E-state index in [-0.39, 0.29) is 29.6 Å². The summed E-state index contributed by atoms with van der Waals surface area (Å²) in [5, 5.41) is 11.6. The standard InChI is InChI=1S/C5H6ClIN2.C5H6IN5.N3.Na/c1-9-3-4(2-6)5(7)8-9;1-11-3-4(2-8-10-7)5(6)9-11;1-3-2;/h3H,2H2,1H3;3H,2H2,1H3;;/q;;-1;+1. The summed E-state index contributed by atoms with van der Waals surface area (Å²) in [6, 6.07) is 0. The molecule has 0 fully saturated rings. The van der Waals surface area contributed by atoms with Crippen LogP contribution in [0.25, 0.3) is 26.4 Å². The second-order valence-corrected chi connectivity index (χ2v) is 6.16. The third-order valence-corrected chi connectivity index (χ3v) is 4.26. The van der Waals surface area contributed by atoms with E-state index in [0.29, 0.717) is 12.4 Å². The van der Waals surface area contributed by atoms with Crippen LogP contribution in [0.5, 0.6) is 0 Å². The molecule has 0 N–H and O–H groups in total. The van der Waals surface area contributed by atoms with Crippen LogP contribution in [-0.4, -0.2) is 19.6 Å². The Balaban J connectivity index is 0. The minimum Gasteiger partial charge on any atom is -0.373 e. The molecule has 0 saturated carbocycles. The van der Waals surface area contributed by atoms with Crippen molar-refractivity contribution in [3.63, 3.8) is 0 Å². The van der Waals surface area contributed by atoms with Crippen LogP contribution in [0.1, 0.15) is 11.1 Å². The van der Waals surface area contributed by atoms with Crippen LogP contribution < -0.4 is 29.6 Å². The molecule has 10 nitrogen and oxygen atoms in total. The Labute approximate surface area is 192 Å². The van der Waals surface area contributed by atoms with Crippen molar-refractivity contribution in [3.8, 4) is 0 Å². The number of rotatable bonds is 3.